The van der Waals surface area contributed by atoms with Crippen molar-refractivity contribution < 1.29 is 23.8 Å². The molecule has 1 aromatic carbocycles. The number of carbonyl (C=O) groups is 2. The summed E-state index contributed by atoms with van der Waals surface area (Å²) in [6.07, 6.45) is -0.317. The number of carbonyl (C=O) groups excluding carboxylic acids is 2. The zero-order valence-corrected chi connectivity index (χ0v) is 14.8. The fourth-order valence-corrected chi connectivity index (χ4v) is 2.70. The van der Waals surface area contributed by atoms with Crippen LogP contribution in [0.1, 0.15) is 45.3 Å². The molecule has 0 saturated carbocycles. The molecule has 2 amide bonds. The lowest BCUT2D eigenvalue weighted by Gasteiger charge is -2.29. The molecule has 2 N–H and O–H groups in total. The minimum absolute atomic E-state index is 0.343. The Hall–Kier alpha value is -2.15. The first-order chi connectivity index (χ1) is 11.7. The highest BCUT2D eigenvalue weighted by Crippen LogP contribution is 2.21. The highest BCUT2D eigenvalue weighted by molar-refractivity contribution is 5.86. The number of halogens is 1. The molecule has 1 saturated heterocycles. The summed E-state index contributed by atoms with van der Waals surface area (Å²) in [7, 11) is 0. The van der Waals surface area contributed by atoms with Crippen LogP contribution in [0.3, 0.4) is 0 Å². The van der Waals surface area contributed by atoms with E-state index in [0.29, 0.717) is 18.7 Å². The number of alkyl carbamates (subject to hydrolysis) is 1. The van der Waals surface area contributed by atoms with Gasteiger partial charge in [-0.2, -0.15) is 0 Å². The largest absolute Gasteiger partial charge is 0.444 e. The first kappa shape index (κ1) is 19.2. The molecule has 25 heavy (non-hydrogen) atoms. The second-order valence-corrected chi connectivity index (χ2v) is 7.15. The molecule has 2 rings (SSSR count). The third-order valence-electron chi connectivity index (χ3n) is 3.88. The molecule has 1 aliphatic rings. The lowest BCUT2D eigenvalue weighted by atomic mass is 10.0. The summed E-state index contributed by atoms with van der Waals surface area (Å²) in [4.78, 5) is 26.5. The molecule has 1 aromatic rings. The lowest BCUT2D eigenvalue weighted by Crippen LogP contribution is -2.52. The van der Waals surface area contributed by atoms with Crippen molar-refractivity contribution >= 4 is 12.0 Å². The van der Waals surface area contributed by atoms with E-state index in [0.717, 1.165) is 12.8 Å². The van der Waals surface area contributed by atoms with Gasteiger partial charge in [0.2, 0.25) is 5.91 Å². The normalized spacial score (nSPS) is 17.1. The summed E-state index contributed by atoms with van der Waals surface area (Å²) < 4.78 is 18.3. The number of aliphatic hydroxyl groups is 1. The highest BCUT2D eigenvalue weighted by atomic mass is 19.1. The summed E-state index contributed by atoms with van der Waals surface area (Å²) in [5.41, 5.74) is -0.387. The molecule has 0 unspecified atom stereocenters. The highest BCUT2D eigenvalue weighted by Gasteiger charge is 2.35. The van der Waals surface area contributed by atoms with Gasteiger partial charge in [-0.25, -0.2) is 9.18 Å². The van der Waals surface area contributed by atoms with E-state index >= 15 is 0 Å². The molecule has 0 aromatic heterocycles. The van der Waals surface area contributed by atoms with E-state index in [2.05, 4.69) is 5.32 Å². The van der Waals surface area contributed by atoms with Crippen LogP contribution in [0.4, 0.5) is 9.18 Å². The van der Waals surface area contributed by atoms with Crippen LogP contribution >= 0.6 is 0 Å². The average Bonchev–Trinajstić information content (AvgIpc) is 3.05. The predicted molar refractivity (Wildman–Crippen MR) is 90.3 cm³/mol. The lowest BCUT2D eigenvalue weighted by molar-refractivity contribution is -0.135. The molecular formula is C18H25FN2O4. The predicted octanol–water partition coefficient (Wildman–Crippen LogP) is 2.37. The van der Waals surface area contributed by atoms with Crippen molar-refractivity contribution in [1.29, 1.82) is 0 Å². The second-order valence-electron chi connectivity index (χ2n) is 7.15. The summed E-state index contributed by atoms with van der Waals surface area (Å²) in [6, 6.07) is 3.98. The van der Waals surface area contributed by atoms with Gasteiger partial charge in [0.05, 0.1) is 0 Å². The SMILES string of the molecule is CC(C)(C)OC(=O)N[C@@H](C(=O)N1CCCC1)[C@@H](O)c1ccc(F)cc1. The van der Waals surface area contributed by atoms with E-state index in [-0.39, 0.29) is 5.91 Å². The zero-order chi connectivity index (χ0) is 18.6. The minimum atomic E-state index is -1.30. The van der Waals surface area contributed by atoms with Crippen LogP contribution < -0.4 is 5.32 Å². The van der Waals surface area contributed by atoms with E-state index < -0.39 is 29.7 Å². The quantitative estimate of drug-likeness (QED) is 0.872. The van der Waals surface area contributed by atoms with Crippen LogP contribution in [-0.4, -0.2) is 46.7 Å². The minimum Gasteiger partial charge on any atom is -0.444 e. The summed E-state index contributed by atoms with van der Waals surface area (Å²) in [6.45, 7) is 6.30. The number of aliphatic hydroxyl groups excluding tert-OH is 1. The van der Waals surface area contributed by atoms with Gasteiger partial charge in [-0.15, -0.1) is 0 Å². The maximum absolute atomic E-state index is 13.1. The summed E-state index contributed by atoms with van der Waals surface area (Å²) in [5, 5.41) is 13.1. The number of nitrogens with one attached hydrogen (secondary N) is 1. The number of benzene rings is 1. The molecule has 0 bridgehead atoms. The van der Waals surface area contributed by atoms with Gasteiger partial charge in [0.1, 0.15) is 23.6 Å². The number of nitrogens with zero attached hydrogens (tertiary/aromatic N) is 1. The maximum Gasteiger partial charge on any atom is 0.408 e. The number of likely N-dealkylation sites (tertiary alicyclic amines) is 1. The standard InChI is InChI=1S/C18H25FN2O4/c1-18(2,3)25-17(24)20-14(16(23)21-10-4-5-11-21)15(22)12-6-8-13(19)9-7-12/h6-9,14-15,22H,4-5,10-11H2,1-3H3,(H,20,24)/t14-,15+/m1/s1. The molecule has 7 heteroatoms. The number of amides is 2. The second kappa shape index (κ2) is 7.82. The molecule has 1 fully saturated rings. The Balaban J connectivity index is 2.19. The first-order valence-electron chi connectivity index (χ1n) is 8.39. The number of ether oxygens (including phenoxy) is 1. The van der Waals surface area contributed by atoms with Crippen LogP contribution in [-0.2, 0) is 9.53 Å². The van der Waals surface area contributed by atoms with Gasteiger partial charge in [0.15, 0.2) is 0 Å². The van der Waals surface area contributed by atoms with Gasteiger partial charge in [-0.05, 0) is 51.3 Å². The van der Waals surface area contributed by atoms with Crippen molar-refractivity contribution in [1.82, 2.24) is 10.2 Å². The van der Waals surface area contributed by atoms with Crippen LogP contribution in [0.2, 0.25) is 0 Å². The molecule has 0 aliphatic carbocycles. The third kappa shape index (κ3) is 5.42. The molecule has 1 heterocycles. The average molecular weight is 352 g/mol. The van der Waals surface area contributed by atoms with Crippen LogP contribution in [0, 0.1) is 5.82 Å². The van der Waals surface area contributed by atoms with Crippen LogP contribution in [0.5, 0.6) is 0 Å². The van der Waals surface area contributed by atoms with E-state index in [1.807, 2.05) is 0 Å². The molecular weight excluding hydrogens is 327 g/mol. The van der Waals surface area contributed by atoms with Crippen molar-refractivity contribution in [3.8, 4) is 0 Å². The van der Waals surface area contributed by atoms with Gasteiger partial charge < -0.3 is 20.1 Å². The van der Waals surface area contributed by atoms with Crippen molar-refractivity contribution in [3.63, 3.8) is 0 Å². The van der Waals surface area contributed by atoms with Crippen LogP contribution in [0.15, 0.2) is 24.3 Å². The Morgan fingerprint density at radius 3 is 2.28 bits per heavy atom. The number of hydrogen-bond acceptors (Lipinski definition) is 4. The van der Waals surface area contributed by atoms with E-state index in [1.54, 1.807) is 25.7 Å². The van der Waals surface area contributed by atoms with Crippen molar-refractivity contribution in [3.05, 3.63) is 35.6 Å². The van der Waals surface area contributed by atoms with Crippen molar-refractivity contribution in [2.24, 2.45) is 0 Å². The number of rotatable bonds is 4. The number of hydrogen-bond donors (Lipinski definition) is 2. The Morgan fingerprint density at radius 2 is 1.76 bits per heavy atom. The zero-order valence-electron chi connectivity index (χ0n) is 14.8. The molecule has 138 valence electrons. The van der Waals surface area contributed by atoms with Gasteiger partial charge in [-0.3, -0.25) is 4.79 Å². The topological polar surface area (TPSA) is 78.9 Å². The van der Waals surface area contributed by atoms with E-state index in [1.165, 1.54) is 24.3 Å². The summed E-state index contributed by atoms with van der Waals surface area (Å²) >= 11 is 0. The molecule has 2 atom stereocenters. The van der Waals surface area contributed by atoms with Gasteiger partial charge in [0.25, 0.3) is 0 Å². The van der Waals surface area contributed by atoms with Gasteiger partial charge in [-0.1, -0.05) is 12.1 Å². The fourth-order valence-electron chi connectivity index (χ4n) is 2.70. The molecule has 0 spiro atoms. The molecule has 6 nitrogen and oxygen atoms in total. The van der Waals surface area contributed by atoms with Crippen molar-refractivity contribution in [2.45, 2.75) is 51.4 Å². The Morgan fingerprint density at radius 1 is 1.20 bits per heavy atom. The monoisotopic (exact) mass is 352 g/mol. The molecule has 0 radical (unpaired) electrons. The Labute approximate surface area is 147 Å². The van der Waals surface area contributed by atoms with E-state index in [9.17, 15) is 19.1 Å². The van der Waals surface area contributed by atoms with Gasteiger partial charge >= 0.3 is 6.09 Å². The third-order valence-corrected chi connectivity index (χ3v) is 3.88. The Kier molecular flexibility index (Phi) is 6.00. The van der Waals surface area contributed by atoms with Crippen molar-refractivity contribution in [2.75, 3.05) is 13.1 Å². The van der Waals surface area contributed by atoms with E-state index in [4.69, 9.17) is 4.74 Å². The fraction of sp³-hybridized carbons (Fsp3) is 0.556. The van der Waals surface area contributed by atoms with Gasteiger partial charge in [0, 0.05) is 13.1 Å². The molecule has 1 aliphatic heterocycles. The van der Waals surface area contributed by atoms with Crippen LogP contribution in [0.25, 0.3) is 0 Å². The summed E-state index contributed by atoms with van der Waals surface area (Å²) in [5.74, 6) is -0.821. The first-order valence-corrected chi connectivity index (χ1v) is 8.39. The smallest absolute Gasteiger partial charge is 0.408 e. The maximum atomic E-state index is 13.1. The Bertz CT molecular complexity index is 606.